The van der Waals surface area contributed by atoms with Crippen LogP contribution < -0.4 is 11.1 Å². The Morgan fingerprint density at radius 1 is 0.963 bits per heavy atom. The van der Waals surface area contributed by atoms with Crippen LogP contribution in [0.4, 0.5) is 11.5 Å². The fourth-order valence-electron chi connectivity index (χ4n) is 2.77. The maximum atomic E-state index is 12.1. The fraction of sp³-hybridized carbons (Fsp3) is 0. The van der Waals surface area contributed by atoms with Crippen LogP contribution in [0.1, 0.15) is 10.4 Å². The third-order valence-electron chi connectivity index (χ3n) is 4.01. The van der Waals surface area contributed by atoms with Crippen molar-refractivity contribution in [2.45, 2.75) is 0 Å². The monoisotopic (exact) mass is 485 g/mol. The summed E-state index contributed by atoms with van der Waals surface area (Å²) in [6, 6.07) is 17.2. The van der Waals surface area contributed by atoms with Gasteiger partial charge in [-0.15, -0.1) is 5.10 Å². The molecule has 134 valence electrons. The number of aromatic nitrogens is 3. The van der Waals surface area contributed by atoms with Gasteiger partial charge in [0.2, 0.25) is 0 Å². The van der Waals surface area contributed by atoms with E-state index in [0.717, 1.165) is 25.9 Å². The van der Waals surface area contributed by atoms with Crippen LogP contribution >= 0.6 is 31.9 Å². The van der Waals surface area contributed by atoms with Crippen LogP contribution in [-0.4, -0.2) is 20.5 Å². The molecule has 0 aliphatic heterocycles. The molecule has 6 nitrogen and oxygen atoms in total. The van der Waals surface area contributed by atoms with Crippen molar-refractivity contribution in [3.05, 3.63) is 75.3 Å². The second-order valence-corrected chi connectivity index (χ2v) is 7.62. The minimum Gasteiger partial charge on any atom is -0.365 e. The molecule has 0 saturated heterocycles. The number of nitrogens with zero attached hydrogens (tertiary/aromatic N) is 3. The van der Waals surface area contributed by atoms with Gasteiger partial charge in [-0.25, -0.2) is 9.50 Å². The molecule has 4 aromatic rings. The minimum absolute atomic E-state index is 0.247. The van der Waals surface area contributed by atoms with Crippen LogP contribution in [0.25, 0.3) is 16.9 Å². The summed E-state index contributed by atoms with van der Waals surface area (Å²) in [6.07, 6.45) is 1.64. The summed E-state index contributed by atoms with van der Waals surface area (Å²) in [5.74, 6) is -0.230. The first-order valence-electron chi connectivity index (χ1n) is 7.99. The third-order valence-corrected chi connectivity index (χ3v) is 5.07. The van der Waals surface area contributed by atoms with Crippen molar-refractivity contribution in [2.24, 2.45) is 5.73 Å². The van der Waals surface area contributed by atoms with Gasteiger partial charge in [0.15, 0.2) is 11.5 Å². The van der Waals surface area contributed by atoms with Crippen molar-refractivity contribution < 1.29 is 4.79 Å². The standard InChI is InChI=1S/C19H13Br2N5O/c20-12-3-1-11(2-4-12)15-9-10-23-19-16(17(22)27)18(25-26(15)19)24-14-7-5-13(21)6-8-14/h1-10H,(H2,22,27)(H,24,25). The number of benzene rings is 2. The average molecular weight is 487 g/mol. The molecule has 0 bridgehead atoms. The molecule has 0 aliphatic carbocycles. The SMILES string of the molecule is NC(=O)c1c(Nc2ccc(Br)cc2)nn2c(-c3ccc(Br)cc3)ccnc12. The van der Waals surface area contributed by atoms with Crippen LogP contribution in [0.3, 0.4) is 0 Å². The summed E-state index contributed by atoms with van der Waals surface area (Å²) in [7, 11) is 0. The largest absolute Gasteiger partial charge is 0.365 e. The van der Waals surface area contributed by atoms with Gasteiger partial charge in [-0.1, -0.05) is 44.0 Å². The number of primary amides is 1. The molecular formula is C19H13Br2N5O. The minimum atomic E-state index is -0.593. The predicted molar refractivity (Wildman–Crippen MR) is 112 cm³/mol. The van der Waals surface area contributed by atoms with E-state index in [-0.39, 0.29) is 5.56 Å². The van der Waals surface area contributed by atoms with Crippen molar-refractivity contribution in [1.29, 1.82) is 0 Å². The Balaban J connectivity index is 1.88. The Hall–Kier alpha value is -2.71. The number of rotatable bonds is 4. The highest BCUT2D eigenvalue weighted by Crippen LogP contribution is 2.28. The van der Waals surface area contributed by atoms with Crippen LogP contribution in [-0.2, 0) is 0 Å². The van der Waals surface area contributed by atoms with Crippen molar-refractivity contribution in [1.82, 2.24) is 14.6 Å². The molecular weight excluding hydrogens is 474 g/mol. The van der Waals surface area contributed by atoms with Gasteiger partial charge in [-0.2, -0.15) is 0 Å². The summed E-state index contributed by atoms with van der Waals surface area (Å²) in [5, 5.41) is 7.73. The summed E-state index contributed by atoms with van der Waals surface area (Å²) < 4.78 is 3.56. The number of nitrogens with two attached hydrogens (primary N) is 1. The fourth-order valence-corrected chi connectivity index (χ4v) is 3.30. The highest BCUT2D eigenvalue weighted by Gasteiger charge is 2.21. The van der Waals surface area contributed by atoms with E-state index in [0.29, 0.717) is 11.5 Å². The van der Waals surface area contributed by atoms with E-state index in [1.54, 1.807) is 10.7 Å². The molecule has 0 radical (unpaired) electrons. The number of carbonyl (C=O) groups excluding carboxylic acids is 1. The first-order valence-corrected chi connectivity index (χ1v) is 9.57. The van der Waals surface area contributed by atoms with E-state index in [1.807, 2.05) is 54.6 Å². The molecule has 8 heteroatoms. The number of amides is 1. The predicted octanol–water partition coefficient (Wildman–Crippen LogP) is 4.76. The molecule has 0 unspecified atom stereocenters. The number of hydrogen-bond acceptors (Lipinski definition) is 4. The van der Waals surface area contributed by atoms with Crippen LogP contribution in [0.15, 0.2) is 69.7 Å². The Morgan fingerprint density at radius 3 is 2.22 bits per heavy atom. The lowest BCUT2D eigenvalue weighted by atomic mass is 10.1. The lowest BCUT2D eigenvalue weighted by Crippen LogP contribution is -2.13. The normalized spacial score (nSPS) is 10.9. The molecule has 1 amide bonds. The maximum absolute atomic E-state index is 12.1. The van der Waals surface area contributed by atoms with Gasteiger partial charge < -0.3 is 11.1 Å². The van der Waals surface area contributed by atoms with E-state index in [9.17, 15) is 4.79 Å². The van der Waals surface area contributed by atoms with E-state index >= 15 is 0 Å². The molecule has 0 atom stereocenters. The lowest BCUT2D eigenvalue weighted by molar-refractivity contribution is 0.100. The summed E-state index contributed by atoms with van der Waals surface area (Å²) >= 11 is 6.84. The second-order valence-electron chi connectivity index (χ2n) is 5.79. The van der Waals surface area contributed by atoms with Gasteiger partial charge >= 0.3 is 0 Å². The van der Waals surface area contributed by atoms with Crippen LogP contribution in [0.2, 0.25) is 0 Å². The number of anilines is 2. The smallest absolute Gasteiger partial charge is 0.256 e. The second kappa shape index (κ2) is 7.13. The number of fused-ring (bicyclic) bond motifs is 1. The highest BCUT2D eigenvalue weighted by atomic mass is 79.9. The number of carbonyl (C=O) groups is 1. The van der Waals surface area contributed by atoms with Gasteiger partial charge in [0.25, 0.3) is 5.91 Å². The van der Waals surface area contributed by atoms with Gasteiger partial charge in [0.05, 0.1) is 5.69 Å². The molecule has 2 aromatic carbocycles. The maximum Gasteiger partial charge on any atom is 0.256 e. The third kappa shape index (κ3) is 3.45. The van der Waals surface area contributed by atoms with Crippen molar-refractivity contribution in [3.8, 4) is 11.3 Å². The molecule has 3 N–H and O–H groups in total. The van der Waals surface area contributed by atoms with Gasteiger partial charge in [0, 0.05) is 26.4 Å². The molecule has 27 heavy (non-hydrogen) atoms. The summed E-state index contributed by atoms with van der Waals surface area (Å²) in [6.45, 7) is 0. The Morgan fingerprint density at radius 2 is 1.59 bits per heavy atom. The number of hydrogen-bond donors (Lipinski definition) is 2. The van der Waals surface area contributed by atoms with E-state index in [4.69, 9.17) is 5.73 Å². The van der Waals surface area contributed by atoms with Crippen LogP contribution in [0.5, 0.6) is 0 Å². The van der Waals surface area contributed by atoms with Crippen molar-refractivity contribution in [2.75, 3.05) is 5.32 Å². The molecule has 2 aromatic heterocycles. The van der Waals surface area contributed by atoms with Crippen molar-refractivity contribution in [3.63, 3.8) is 0 Å². The van der Waals surface area contributed by atoms with E-state index < -0.39 is 5.91 Å². The first-order chi connectivity index (χ1) is 13.0. The van der Waals surface area contributed by atoms with Gasteiger partial charge in [-0.05, 0) is 42.5 Å². The lowest BCUT2D eigenvalue weighted by Gasteiger charge is -2.04. The zero-order valence-electron chi connectivity index (χ0n) is 13.9. The molecule has 0 aliphatic rings. The molecule has 4 rings (SSSR count). The zero-order chi connectivity index (χ0) is 19.0. The van der Waals surface area contributed by atoms with E-state index in [1.165, 1.54) is 0 Å². The molecule has 0 fully saturated rings. The quantitative estimate of drug-likeness (QED) is 0.435. The van der Waals surface area contributed by atoms with Gasteiger partial charge in [0.1, 0.15) is 5.56 Å². The summed E-state index contributed by atoms with van der Waals surface area (Å²) in [4.78, 5) is 16.4. The number of halogens is 2. The molecule has 0 spiro atoms. The van der Waals surface area contributed by atoms with E-state index in [2.05, 4.69) is 47.3 Å². The van der Waals surface area contributed by atoms with Gasteiger partial charge in [-0.3, -0.25) is 4.79 Å². The summed E-state index contributed by atoms with van der Waals surface area (Å²) in [5.41, 5.74) is 8.81. The highest BCUT2D eigenvalue weighted by molar-refractivity contribution is 9.10. The Bertz CT molecular complexity index is 1140. The Labute approximate surface area is 171 Å². The van der Waals surface area contributed by atoms with Crippen molar-refractivity contribution >= 4 is 54.9 Å². The van der Waals surface area contributed by atoms with Crippen LogP contribution in [0, 0.1) is 0 Å². The first kappa shape index (κ1) is 17.7. The average Bonchev–Trinajstić information content (AvgIpc) is 3.02. The Kier molecular flexibility index (Phi) is 4.67. The number of nitrogens with one attached hydrogen (secondary N) is 1. The molecule has 2 heterocycles. The molecule has 0 saturated carbocycles. The zero-order valence-corrected chi connectivity index (χ0v) is 17.0. The topological polar surface area (TPSA) is 85.3 Å².